The Morgan fingerprint density at radius 2 is 1.71 bits per heavy atom. The normalized spacial score (nSPS) is 15.7. The number of aryl methyl sites for hydroxylation is 3. The van der Waals surface area contributed by atoms with Crippen LogP contribution < -0.4 is 10.7 Å². The Bertz CT molecular complexity index is 1140. The molecule has 1 aliphatic heterocycles. The summed E-state index contributed by atoms with van der Waals surface area (Å²) in [5.41, 5.74) is 4.58. The minimum Gasteiger partial charge on any atom is -0.451 e. The summed E-state index contributed by atoms with van der Waals surface area (Å²) in [4.78, 5) is 27.7. The molecule has 1 aliphatic rings. The van der Waals surface area contributed by atoms with Crippen molar-refractivity contribution in [2.45, 2.75) is 26.8 Å². The zero-order valence-electron chi connectivity index (χ0n) is 18.2. The molecule has 1 aromatic heterocycles. The highest BCUT2D eigenvalue weighted by Gasteiger charge is 2.24. The van der Waals surface area contributed by atoms with Crippen molar-refractivity contribution in [3.8, 4) is 0 Å². The molecule has 0 unspecified atom stereocenters. The summed E-state index contributed by atoms with van der Waals surface area (Å²) < 4.78 is 11.3. The molecule has 162 valence electrons. The summed E-state index contributed by atoms with van der Waals surface area (Å²) in [7, 11) is 0. The summed E-state index contributed by atoms with van der Waals surface area (Å²) in [6.07, 6.45) is 0. The number of benzene rings is 2. The standard InChI is InChI=1S/C25H28N2O4/c1-16-4-6-19(7-5-16)21(27-8-10-30-11-9-27)15-26-25(29)24-14-22(28)20-12-17(2)18(3)13-23(20)31-24/h4-7,12-14,21H,8-11,15H2,1-3H3,(H,26,29)/t21-/m0/s1. The van der Waals surface area contributed by atoms with Crippen LogP contribution in [0.5, 0.6) is 0 Å². The van der Waals surface area contributed by atoms with Crippen molar-refractivity contribution in [1.82, 2.24) is 10.2 Å². The molecule has 1 saturated heterocycles. The number of rotatable bonds is 5. The Labute approximate surface area is 181 Å². The Morgan fingerprint density at radius 1 is 1.03 bits per heavy atom. The first-order valence-electron chi connectivity index (χ1n) is 10.6. The second-order valence-electron chi connectivity index (χ2n) is 8.19. The third-order valence-corrected chi connectivity index (χ3v) is 5.97. The van der Waals surface area contributed by atoms with Gasteiger partial charge in [-0.15, -0.1) is 0 Å². The van der Waals surface area contributed by atoms with E-state index in [0.717, 1.165) is 29.8 Å². The highest BCUT2D eigenvalue weighted by atomic mass is 16.5. The van der Waals surface area contributed by atoms with E-state index in [1.54, 1.807) is 0 Å². The van der Waals surface area contributed by atoms with Gasteiger partial charge in [-0.05, 0) is 49.6 Å². The molecular formula is C25H28N2O4. The second-order valence-corrected chi connectivity index (χ2v) is 8.19. The fraction of sp³-hybridized carbons (Fsp3) is 0.360. The maximum atomic E-state index is 12.9. The SMILES string of the molecule is Cc1ccc([C@H](CNC(=O)c2cc(=O)c3cc(C)c(C)cc3o2)N2CCOCC2)cc1. The van der Waals surface area contributed by atoms with E-state index in [0.29, 0.717) is 30.7 Å². The molecule has 0 spiro atoms. The molecule has 0 radical (unpaired) electrons. The number of amides is 1. The summed E-state index contributed by atoms with van der Waals surface area (Å²) in [6, 6.07) is 13.3. The van der Waals surface area contributed by atoms with Gasteiger partial charge in [0.25, 0.3) is 5.91 Å². The van der Waals surface area contributed by atoms with Crippen LogP contribution in [0.25, 0.3) is 11.0 Å². The van der Waals surface area contributed by atoms with Gasteiger partial charge in [-0.2, -0.15) is 0 Å². The van der Waals surface area contributed by atoms with Gasteiger partial charge >= 0.3 is 0 Å². The van der Waals surface area contributed by atoms with Crippen molar-refractivity contribution in [2.75, 3.05) is 32.8 Å². The Kier molecular flexibility index (Phi) is 6.20. The highest BCUT2D eigenvalue weighted by molar-refractivity contribution is 5.93. The van der Waals surface area contributed by atoms with Gasteiger partial charge in [0.2, 0.25) is 0 Å². The Morgan fingerprint density at radius 3 is 2.42 bits per heavy atom. The maximum absolute atomic E-state index is 12.9. The third-order valence-electron chi connectivity index (χ3n) is 5.97. The predicted molar refractivity (Wildman–Crippen MR) is 121 cm³/mol. The van der Waals surface area contributed by atoms with Gasteiger partial charge in [-0.25, -0.2) is 0 Å². The second kappa shape index (κ2) is 9.04. The molecular weight excluding hydrogens is 392 g/mol. The molecule has 31 heavy (non-hydrogen) atoms. The smallest absolute Gasteiger partial charge is 0.287 e. The average molecular weight is 421 g/mol. The minimum absolute atomic E-state index is 0.0190. The van der Waals surface area contributed by atoms with Crippen molar-refractivity contribution >= 4 is 16.9 Å². The zero-order valence-corrected chi connectivity index (χ0v) is 18.2. The van der Waals surface area contributed by atoms with Gasteiger partial charge in [-0.1, -0.05) is 29.8 Å². The summed E-state index contributed by atoms with van der Waals surface area (Å²) in [5, 5.41) is 3.46. The average Bonchev–Trinajstić information content (AvgIpc) is 2.77. The van der Waals surface area contributed by atoms with E-state index in [4.69, 9.17) is 9.15 Å². The molecule has 6 nitrogen and oxygen atoms in total. The van der Waals surface area contributed by atoms with Crippen molar-refractivity contribution in [2.24, 2.45) is 0 Å². The molecule has 4 rings (SSSR count). The van der Waals surface area contributed by atoms with Crippen LogP contribution >= 0.6 is 0 Å². The molecule has 0 saturated carbocycles. The largest absolute Gasteiger partial charge is 0.451 e. The van der Waals surface area contributed by atoms with Gasteiger partial charge in [0.15, 0.2) is 11.2 Å². The van der Waals surface area contributed by atoms with E-state index in [1.165, 1.54) is 11.6 Å². The molecule has 2 heterocycles. The first kappa shape index (κ1) is 21.3. The number of nitrogens with zero attached hydrogens (tertiary/aromatic N) is 1. The van der Waals surface area contributed by atoms with Gasteiger partial charge in [0, 0.05) is 25.7 Å². The van der Waals surface area contributed by atoms with Crippen molar-refractivity contribution in [3.63, 3.8) is 0 Å². The highest BCUT2D eigenvalue weighted by Crippen LogP contribution is 2.22. The summed E-state index contributed by atoms with van der Waals surface area (Å²) >= 11 is 0. The quantitative estimate of drug-likeness (QED) is 0.684. The van der Waals surface area contributed by atoms with E-state index in [1.807, 2.05) is 26.0 Å². The van der Waals surface area contributed by atoms with Crippen LogP contribution in [0.15, 0.2) is 51.7 Å². The van der Waals surface area contributed by atoms with E-state index >= 15 is 0 Å². The topological polar surface area (TPSA) is 71.8 Å². The molecule has 1 N–H and O–H groups in total. The lowest BCUT2D eigenvalue weighted by molar-refractivity contribution is 0.0161. The number of nitrogens with one attached hydrogen (secondary N) is 1. The van der Waals surface area contributed by atoms with Crippen molar-refractivity contribution in [1.29, 1.82) is 0 Å². The number of ether oxygens (including phenoxy) is 1. The number of morpholine rings is 1. The lowest BCUT2D eigenvalue weighted by atomic mass is 10.0. The molecule has 1 amide bonds. The molecule has 1 fully saturated rings. The van der Waals surface area contributed by atoms with E-state index in [-0.39, 0.29) is 23.1 Å². The monoisotopic (exact) mass is 420 g/mol. The zero-order chi connectivity index (χ0) is 22.0. The molecule has 0 bridgehead atoms. The van der Waals surface area contributed by atoms with E-state index in [2.05, 4.69) is 41.4 Å². The lowest BCUT2D eigenvalue weighted by Crippen LogP contribution is -2.43. The number of carbonyl (C=O) groups is 1. The number of fused-ring (bicyclic) bond motifs is 1. The van der Waals surface area contributed by atoms with Crippen LogP contribution in [0.1, 0.15) is 38.9 Å². The lowest BCUT2D eigenvalue weighted by Gasteiger charge is -2.35. The number of hydrogen-bond donors (Lipinski definition) is 1. The van der Waals surface area contributed by atoms with E-state index in [9.17, 15) is 9.59 Å². The van der Waals surface area contributed by atoms with Crippen LogP contribution in [0.2, 0.25) is 0 Å². The van der Waals surface area contributed by atoms with Crippen LogP contribution in [0.3, 0.4) is 0 Å². The van der Waals surface area contributed by atoms with Crippen LogP contribution in [-0.4, -0.2) is 43.7 Å². The Balaban J connectivity index is 1.56. The van der Waals surface area contributed by atoms with E-state index < -0.39 is 0 Å². The number of carbonyl (C=O) groups excluding carboxylic acids is 1. The molecule has 1 atom stereocenters. The van der Waals surface area contributed by atoms with Crippen LogP contribution in [0, 0.1) is 20.8 Å². The van der Waals surface area contributed by atoms with Crippen LogP contribution in [-0.2, 0) is 4.74 Å². The van der Waals surface area contributed by atoms with Crippen molar-refractivity contribution < 1.29 is 13.9 Å². The predicted octanol–water partition coefficient (Wildman–Crippen LogP) is 3.52. The first-order valence-corrected chi connectivity index (χ1v) is 10.6. The van der Waals surface area contributed by atoms with Gasteiger partial charge in [0.05, 0.1) is 24.6 Å². The van der Waals surface area contributed by atoms with Gasteiger partial charge in [0.1, 0.15) is 5.58 Å². The van der Waals surface area contributed by atoms with Crippen LogP contribution in [0.4, 0.5) is 0 Å². The minimum atomic E-state index is -0.386. The number of hydrogen-bond acceptors (Lipinski definition) is 5. The van der Waals surface area contributed by atoms with Crippen molar-refractivity contribution in [3.05, 3.63) is 80.7 Å². The molecule has 2 aromatic carbocycles. The fourth-order valence-corrected chi connectivity index (χ4v) is 3.94. The molecule has 3 aromatic rings. The Hall–Kier alpha value is -2.96. The summed E-state index contributed by atoms with van der Waals surface area (Å²) in [5.74, 6) is -0.354. The third kappa shape index (κ3) is 4.70. The summed E-state index contributed by atoms with van der Waals surface area (Å²) in [6.45, 7) is 9.33. The molecule has 6 heteroatoms. The molecule has 0 aliphatic carbocycles. The van der Waals surface area contributed by atoms with Gasteiger partial charge in [-0.3, -0.25) is 14.5 Å². The fourth-order valence-electron chi connectivity index (χ4n) is 3.94. The first-order chi connectivity index (χ1) is 14.9. The van der Waals surface area contributed by atoms with Gasteiger partial charge < -0.3 is 14.5 Å². The maximum Gasteiger partial charge on any atom is 0.287 e.